The van der Waals surface area contributed by atoms with Gasteiger partial charge in [-0.15, -0.1) is 0 Å². The van der Waals surface area contributed by atoms with Crippen molar-refractivity contribution in [1.82, 2.24) is 5.32 Å². The molecule has 2 rings (SSSR count). The molecule has 1 aliphatic rings. The minimum Gasteiger partial charge on any atom is -0.481 e. The molecule has 1 aliphatic carbocycles. The van der Waals surface area contributed by atoms with Crippen molar-refractivity contribution in [1.29, 1.82) is 0 Å². The molecule has 1 fully saturated rings. The lowest BCUT2D eigenvalue weighted by Gasteiger charge is -2.27. The number of hydrogen-bond donors (Lipinski definition) is 4. The van der Waals surface area contributed by atoms with E-state index < -0.39 is 5.97 Å². The molecule has 1 aromatic carbocycles. The summed E-state index contributed by atoms with van der Waals surface area (Å²) in [4.78, 5) is 34.2. The summed E-state index contributed by atoms with van der Waals surface area (Å²) in [5, 5.41) is 17.3. The van der Waals surface area contributed by atoms with E-state index >= 15 is 0 Å². The van der Waals surface area contributed by atoms with Gasteiger partial charge < -0.3 is 21.1 Å². The summed E-state index contributed by atoms with van der Waals surface area (Å²) in [6, 6.07) is 4.96. The average Bonchev–Trinajstić information content (AvgIpc) is 2.50. The molecule has 24 heavy (non-hydrogen) atoms. The highest BCUT2D eigenvalue weighted by molar-refractivity contribution is 5.93. The van der Waals surface area contributed by atoms with Crippen LogP contribution in [0.4, 0.5) is 16.2 Å². The number of carbonyl (C=O) groups excluding carboxylic acids is 2. The molecule has 0 aromatic heterocycles. The van der Waals surface area contributed by atoms with Crippen molar-refractivity contribution in [2.75, 3.05) is 10.6 Å². The molecule has 0 radical (unpaired) electrons. The highest BCUT2D eigenvalue weighted by Gasteiger charge is 2.26. The highest BCUT2D eigenvalue weighted by Crippen LogP contribution is 2.25. The molecule has 0 bridgehead atoms. The molecule has 0 spiro atoms. The number of amides is 3. The van der Waals surface area contributed by atoms with Crippen LogP contribution >= 0.6 is 0 Å². The Morgan fingerprint density at radius 1 is 1.08 bits per heavy atom. The van der Waals surface area contributed by atoms with E-state index in [1.807, 2.05) is 13.0 Å². The first-order chi connectivity index (χ1) is 11.3. The van der Waals surface area contributed by atoms with Crippen LogP contribution in [0.2, 0.25) is 0 Å². The zero-order valence-corrected chi connectivity index (χ0v) is 13.9. The molecule has 7 heteroatoms. The summed E-state index contributed by atoms with van der Waals surface area (Å²) in [7, 11) is 0. The predicted molar refractivity (Wildman–Crippen MR) is 91.0 cm³/mol. The van der Waals surface area contributed by atoms with Gasteiger partial charge in [0.05, 0.1) is 5.92 Å². The van der Waals surface area contributed by atoms with E-state index in [0.29, 0.717) is 37.1 Å². The number of nitrogens with one attached hydrogen (secondary N) is 3. The second kappa shape index (κ2) is 7.81. The lowest BCUT2D eigenvalue weighted by atomic mass is 9.86. The van der Waals surface area contributed by atoms with Crippen LogP contribution in [0, 0.1) is 12.8 Å². The third kappa shape index (κ3) is 4.97. The fraction of sp³-hybridized carbons (Fsp3) is 0.471. The van der Waals surface area contributed by atoms with Crippen LogP contribution < -0.4 is 16.0 Å². The summed E-state index contributed by atoms with van der Waals surface area (Å²) >= 11 is 0. The number of aliphatic carboxylic acids is 1. The maximum atomic E-state index is 12.2. The van der Waals surface area contributed by atoms with Crippen molar-refractivity contribution in [3.05, 3.63) is 23.8 Å². The first kappa shape index (κ1) is 17.8. The minimum absolute atomic E-state index is 0.0144. The monoisotopic (exact) mass is 333 g/mol. The van der Waals surface area contributed by atoms with Crippen molar-refractivity contribution < 1.29 is 19.5 Å². The summed E-state index contributed by atoms with van der Waals surface area (Å²) in [5.41, 5.74) is 2.12. The van der Waals surface area contributed by atoms with Crippen LogP contribution in [0.25, 0.3) is 0 Å². The van der Waals surface area contributed by atoms with E-state index in [0.717, 1.165) is 5.56 Å². The number of hydrogen-bond acceptors (Lipinski definition) is 3. The molecule has 1 saturated carbocycles. The Kier molecular flexibility index (Phi) is 5.78. The number of carbonyl (C=O) groups is 3. The smallest absolute Gasteiger partial charge is 0.319 e. The number of rotatable bonds is 4. The Bertz CT molecular complexity index is 637. The van der Waals surface area contributed by atoms with E-state index in [4.69, 9.17) is 5.11 Å². The van der Waals surface area contributed by atoms with Crippen molar-refractivity contribution >= 4 is 29.3 Å². The molecule has 0 aliphatic heterocycles. The van der Waals surface area contributed by atoms with E-state index in [2.05, 4.69) is 16.0 Å². The molecule has 0 heterocycles. The Balaban J connectivity index is 1.90. The van der Waals surface area contributed by atoms with Gasteiger partial charge >= 0.3 is 12.0 Å². The molecule has 0 atom stereocenters. The van der Waals surface area contributed by atoms with Gasteiger partial charge in [0.25, 0.3) is 0 Å². The zero-order valence-electron chi connectivity index (χ0n) is 13.9. The third-order valence-electron chi connectivity index (χ3n) is 4.22. The van der Waals surface area contributed by atoms with Gasteiger partial charge in [0.2, 0.25) is 5.91 Å². The molecule has 1 aromatic rings. The summed E-state index contributed by atoms with van der Waals surface area (Å²) in [6.45, 7) is 3.29. The van der Waals surface area contributed by atoms with Crippen molar-refractivity contribution in [2.45, 2.75) is 45.6 Å². The topological polar surface area (TPSA) is 108 Å². The van der Waals surface area contributed by atoms with Gasteiger partial charge in [-0.25, -0.2) is 4.79 Å². The van der Waals surface area contributed by atoms with Crippen LogP contribution in [0.1, 0.15) is 38.2 Å². The normalized spacial score (nSPS) is 20.1. The van der Waals surface area contributed by atoms with E-state index in [1.165, 1.54) is 6.92 Å². The maximum Gasteiger partial charge on any atom is 0.319 e. The number of carboxylic acid groups (broad SMARTS) is 1. The quantitative estimate of drug-likeness (QED) is 0.679. The SMILES string of the molecule is CC(=O)Nc1ccc(C)c(NC(=O)NC2CCC(C(=O)O)CC2)c1. The number of carboxylic acids is 1. The second-order valence-electron chi connectivity index (χ2n) is 6.20. The van der Waals surface area contributed by atoms with Gasteiger partial charge in [0.1, 0.15) is 0 Å². The maximum absolute atomic E-state index is 12.2. The van der Waals surface area contributed by atoms with Gasteiger partial charge in [-0.05, 0) is 50.3 Å². The van der Waals surface area contributed by atoms with Crippen molar-refractivity contribution in [3.63, 3.8) is 0 Å². The molecule has 3 amide bonds. The third-order valence-corrected chi connectivity index (χ3v) is 4.22. The average molecular weight is 333 g/mol. The fourth-order valence-electron chi connectivity index (χ4n) is 2.87. The summed E-state index contributed by atoms with van der Waals surface area (Å²) in [5.74, 6) is -1.24. The van der Waals surface area contributed by atoms with Gasteiger partial charge in [-0.1, -0.05) is 6.07 Å². The first-order valence-electron chi connectivity index (χ1n) is 8.03. The van der Waals surface area contributed by atoms with Crippen LogP contribution in [0.5, 0.6) is 0 Å². The van der Waals surface area contributed by atoms with Crippen LogP contribution in [0.15, 0.2) is 18.2 Å². The molecule has 7 nitrogen and oxygen atoms in total. The van der Waals surface area contributed by atoms with Gasteiger partial charge in [-0.3, -0.25) is 9.59 Å². The standard InChI is InChI=1S/C17H23N3O4/c1-10-3-6-14(18-11(2)21)9-15(10)20-17(24)19-13-7-4-12(5-8-13)16(22)23/h3,6,9,12-13H,4-5,7-8H2,1-2H3,(H,18,21)(H,22,23)(H2,19,20,24). The van der Waals surface area contributed by atoms with Crippen molar-refractivity contribution in [3.8, 4) is 0 Å². The Morgan fingerprint density at radius 2 is 1.75 bits per heavy atom. The number of urea groups is 1. The Hall–Kier alpha value is -2.57. The van der Waals surface area contributed by atoms with E-state index in [1.54, 1.807) is 12.1 Å². The first-order valence-corrected chi connectivity index (χ1v) is 8.03. The summed E-state index contributed by atoms with van der Waals surface area (Å²) < 4.78 is 0. The largest absolute Gasteiger partial charge is 0.481 e. The van der Waals surface area contributed by atoms with Gasteiger partial charge in [0, 0.05) is 24.3 Å². The van der Waals surface area contributed by atoms with E-state index in [9.17, 15) is 14.4 Å². The van der Waals surface area contributed by atoms with Crippen LogP contribution in [0.3, 0.4) is 0 Å². The van der Waals surface area contributed by atoms with Gasteiger partial charge in [0.15, 0.2) is 0 Å². The molecular formula is C17H23N3O4. The van der Waals surface area contributed by atoms with Crippen LogP contribution in [-0.2, 0) is 9.59 Å². The number of anilines is 2. The van der Waals surface area contributed by atoms with E-state index in [-0.39, 0.29) is 23.9 Å². The molecule has 0 unspecified atom stereocenters. The fourth-order valence-corrected chi connectivity index (χ4v) is 2.87. The number of aryl methyl sites for hydroxylation is 1. The Labute approximate surface area is 140 Å². The minimum atomic E-state index is -0.761. The van der Waals surface area contributed by atoms with Crippen molar-refractivity contribution in [2.24, 2.45) is 5.92 Å². The lowest BCUT2D eigenvalue weighted by molar-refractivity contribution is -0.142. The molecule has 4 N–H and O–H groups in total. The molecular weight excluding hydrogens is 310 g/mol. The second-order valence-corrected chi connectivity index (χ2v) is 6.20. The number of benzene rings is 1. The molecule has 130 valence electrons. The molecule has 0 saturated heterocycles. The zero-order chi connectivity index (χ0) is 17.7. The Morgan fingerprint density at radius 3 is 2.33 bits per heavy atom. The van der Waals surface area contributed by atoms with Crippen LogP contribution in [-0.4, -0.2) is 29.1 Å². The van der Waals surface area contributed by atoms with Gasteiger partial charge in [-0.2, -0.15) is 0 Å². The highest BCUT2D eigenvalue weighted by atomic mass is 16.4. The summed E-state index contributed by atoms with van der Waals surface area (Å²) in [6.07, 6.45) is 2.49. The lowest BCUT2D eigenvalue weighted by Crippen LogP contribution is -2.41. The predicted octanol–water partition coefficient (Wildman–Crippen LogP) is 2.72.